The largest absolute Gasteiger partial charge is 0.488 e. The zero-order valence-corrected chi connectivity index (χ0v) is 16.0. The normalized spacial score (nSPS) is 16.4. The van der Waals surface area contributed by atoms with Crippen LogP contribution in [0.5, 0.6) is 5.75 Å². The molecule has 0 bridgehead atoms. The molecule has 27 heavy (non-hydrogen) atoms. The molecule has 0 fully saturated rings. The first-order chi connectivity index (χ1) is 12.4. The summed E-state index contributed by atoms with van der Waals surface area (Å²) >= 11 is 0. The number of hydrogen-bond donors (Lipinski definition) is 0. The van der Waals surface area contributed by atoms with Crippen LogP contribution in [0.2, 0.25) is 0 Å². The van der Waals surface area contributed by atoms with Crippen molar-refractivity contribution in [2.45, 2.75) is 43.4 Å². The highest BCUT2D eigenvalue weighted by atomic mass is 32.2. The Morgan fingerprint density at radius 1 is 1.11 bits per heavy atom. The standard InChI is InChI=1S/C19H20F3NO3S/c1-18(2)10-9-13-11-16(7-8-17(13)26-18)27(24,25)23(3)15-6-4-5-14(12-15)19(20,21)22/h4-8,11-12H,9-10H2,1-3H3. The molecule has 3 rings (SSSR count). The molecule has 0 saturated heterocycles. The molecule has 2 aromatic rings. The molecule has 4 nitrogen and oxygen atoms in total. The van der Waals surface area contributed by atoms with Gasteiger partial charge in [0.1, 0.15) is 11.4 Å². The van der Waals surface area contributed by atoms with Crippen LogP contribution < -0.4 is 9.04 Å². The van der Waals surface area contributed by atoms with Crippen LogP contribution in [0.1, 0.15) is 31.4 Å². The summed E-state index contributed by atoms with van der Waals surface area (Å²) in [5, 5.41) is 0. The number of benzene rings is 2. The number of fused-ring (bicyclic) bond motifs is 1. The first-order valence-corrected chi connectivity index (χ1v) is 9.82. The SMILES string of the molecule is CN(c1cccc(C(F)(F)F)c1)S(=O)(=O)c1ccc2c(c1)CCC(C)(C)O2. The van der Waals surface area contributed by atoms with Crippen molar-refractivity contribution >= 4 is 15.7 Å². The minimum atomic E-state index is -4.55. The summed E-state index contributed by atoms with van der Waals surface area (Å²) in [5.41, 5.74) is -0.502. The van der Waals surface area contributed by atoms with Gasteiger partial charge in [-0.05, 0) is 68.7 Å². The fourth-order valence-corrected chi connectivity index (χ4v) is 4.21. The third kappa shape index (κ3) is 3.90. The summed E-state index contributed by atoms with van der Waals surface area (Å²) in [6.45, 7) is 3.92. The van der Waals surface area contributed by atoms with Crippen molar-refractivity contribution in [3.05, 3.63) is 53.6 Å². The minimum absolute atomic E-state index is 0.0180. The molecule has 0 unspecified atom stereocenters. The third-order valence-electron chi connectivity index (χ3n) is 4.61. The highest BCUT2D eigenvalue weighted by molar-refractivity contribution is 7.92. The maximum atomic E-state index is 12.9. The number of aryl methyl sites for hydroxylation is 1. The summed E-state index contributed by atoms with van der Waals surface area (Å²) in [5.74, 6) is 0.631. The van der Waals surface area contributed by atoms with E-state index in [9.17, 15) is 21.6 Å². The average Bonchev–Trinajstić information content (AvgIpc) is 2.59. The molecule has 1 aliphatic heterocycles. The summed E-state index contributed by atoms with van der Waals surface area (Å²) in [7, 11) is -2.77. The first-order valence-electron chi connectivity index (χ1n) is 8.38. The predicted octanol–water partition coefficient (Wildman–Crippen LogP) is 4.63. The summed E-state index contributed by atoms with van der Waals surface area (Å²) in [6, 6.07) is 8.79. The van der Waals surface area contributed by atoms with Crippen LogP contribution in [-0.4, -0.2) is 21.1 Å². The molecule has 1 heterocycles. The Hall–Kier alpha value is -2.22. The van der Waals surface area contributed by atoms with Crippen molar-refractivity contribution in [1.82, 2.24) is 0 Å². The van der Waals surface area contributed by atoms with E-state index in [1.54, 1.807) is 6.07 Å². The van der Waals surface area contributed by atoms with E-state index in [0.29, 0.717) is 12.2 Å². The van der Waals surface area contributed by atoms with E-state index in [2.05, 4.69) is 0 Å². The first kappa shape index (κ1) is 19.5. The van der Waals surface area contributed by atoms with E-state index in [1.165, 1.54) is 31.3 Å². The van der Waals surface area contributed by atoms with E-state index >= 15 is 0 Å². The highest BCUT2D eigenvalue weighted by Crippen LogP contribution is 2.36. The molecular weight excluding hydrogens is 379 g/mol. The predicted molar refractivity (Wildman–Crippen MR) is 96.5 cm³/mol. The van der Waals surface area contributed by atoms with Crippen molar-refractivity contribution in [3.8, 4) is 5.75 Å². The molecule has 1 aliphatic rings. The van der Waals surface area contributed by atoms with Gasteiger partial charge < -0.3 is 4.74 Å². The maximum absolute atomic E-state index is 12.9. The molecule has 0 aromatic heterocycles. The van der Waals surface area contributed by atoms with Crippen LogP contribution in [0.15, 0.2) is 47.4 Å². The maximum Gasteiger partial charge on any atom is 0.416 e. The smallest absolute Gasteiger partial charge is 0.416 e. The van der Waals surface area contributed by atoms with E-state index < -0.39 is 21.8 Å². The molecule has 0 atom stereocenters. The van der Waals surface area contributed by atoms with Gasteiger partial charge in [0.2, 0.25) is 0 Å². The van der Waals surface area contributed by atoms with Crippen molar-refractivity contribution in [3.63, 3.8) is 0 Å². The van der Waals surface area contributed by atoms with Crippen molar-refractivity contribution in [2.24, 2.45) is 0 Å². The van der Waals surface area contributed by atoms with Gasteiger partial charge in [0, 0.05) is 7.05 Å². The number of rotatable bonds is 3. The number of alkyl halides is 3. The molecule has 146 valence electrons. The zero-order valence-electron chi connectivity index (χ0n) is 15.2. The highest BCUT2D eigenvalue weighted by Gasteiger charge is 2.32. The number of anilines is 1. The molecule has 0 N–H and O–H groups in total. The number of hydrogen-bond acceptors (Lipinski definition) is 3. The van der Waals surface area contributed by atoms with Gasteiger partial charge in [-0.1, -0.05) is 6.07 Å². The lowest BCUT2D eigenvalue weighted by molar-refractivity contribution is -0.137. The summed E-state index contributed by atoms with van der Waals surface area (Å²) in [4.78, 5) is 0.0180. The number of halogens is 3. The topological polar surface area (TPSA) is 46.6 Å². The third-order valence-corrected chi connectivity index (χ3v) is 6.39. The van der Waals surface area contributed by atoms with Crippen LogP contribution in [0, 0.1) is 0 Å². The lowest BCUT2D eigenvalue weighted by Crippen LogP contribution is -2.33. The minimum Gasteiger partial charge on any atom is -0.488 e. The lowest BCUT2D eigenvalue weighted by atomic mass is 9.94. The van der Waals surface area contributed by atoms with Crippen molar-refractivity contribution < 1.29 is 26.3 Å². The van der Waals surface area contributed by atoms with Gasteiger partial charge >= 0.3 is 6.18 Å². The van der Waals surface area contributed by atoms with Crippen LogP contribution in [0.3, 0.4) is 0 Å². The molecule has 0 aliphatic carbocycles. The Balaban J connectivity index is 1.95. The van der Waals surface area contributed by atoms with E-state index in [4.69, 9.17) is 4.74 Å². The van der Waals surface area contributed by atoms with E-state index in [0.717, 1.165) is 28.4 Å². The monoisotopic (exact) mass is 399 g/mol. The number of sulfonamides is 1. The lowest BCUT2D eigenvalue weighted by Gasteiger charge is -2.33. The van der Waals surface area contributed by atoms with Crippen LogP contribution in [-0.2, 0) is 22.6 Å². The molecule has 2 aromatic carbocycles. The van der Waals surface area contributed by atoms with E-state index in [1.807, 2.05) is 13.8 Å². The van der Waals surface area contributed by atoms with Gasteiger partial charge in [-0.15, -0.1) is 0 Å². The molecule has 0 radical (unpaired) electrons. The zero-order chi connectivity index (χ0) is 20.0. The molecule has 0 spiro atoms. The quantitative estimate of drug-likeness (QED) is 0.756. The van der Waals surface area contributed by atoms with Crippen molar-refractivity contribution in [1.29, 1.82) is 0 Å². The fourth-order valence-electron chi connectivity index (χ4n) is 2.97. The summed E-state index contributed by atoms with van der Waals surface area (Å²) in [6.07, 6.45) is -3.14. The Labute approximate surface area is 156 Å². The Morgan fingerprint density at radius 2 is 1.81 bits per heavy atom. The molecule has 0 saturated carbocycles. The number of ether oxygens (including phenoxy) is 1. The van der Waals surface area contributed by atoms with Gasteiger partial charge in [0.05, 0.1) is 16.1 Å². The Kier molecular flexibility index (Phi) is 4.66. The van der Waals surface area contributed by atoms with Crippen LogP contribution >= 0.6 is 0 Å². The molecule has 8 heteroatoms. The van der Waals surface area contributed by atoms with Crippen LogP contribution in [0.25, 0.3) is 0 Å². The Morgan fingerprint density at radius 3 is 2.48 bits per heavy atom. The van der Waals surface area contributed by atoms with Crippen LogP contribution in [0.4, 0.5) is 18.9 Å². The van der Waals surface area contributed by atoms with Gasteiger partial charge in [-0.25, -0.2) is 8.42 Å². The molecule has 0 amide bonds. The van der Waals surface area contributed by atoms with Crippen molar-refractivity contribution in [2.75, 3.05) is 11.4 Å². The second-order valence-corrected chi connectivity index (χ2v) is 9.12. The summed E-state index contributed by atoms with van der Waals surface area (Å²) < 4.78 is 71.3. The fraction of sp³-hybridized carbons (Fsp3) is 0.368. The van der Waals surface area contributed by atoms with Gasteiger partial charge in [0.15, 0.2) is 0 Å². The van der Waals surface area contributed by atoms with E-state index in [-0.39, 0.29) is 16.2 Å². The second kappa shape index (κ2) is 6.44. The average molecular weight is 399 g/mol. The van der Waals surface area contributed by atoms with Gasteiger partial charge in [-0.2, -0.15) is 13.2 Å². The number of nitrogens with zero attached hydrogens (tertiary/aromatic N) is 1. The van der Waals surface area contributed by atoms with Gasteiger partial charge in [0.25, 0.3) is 10.0 Å². The van der Waals surface area contributed by atoms with Gasteiger partial charge in [-0.3, -0.25) is 4.31 Å². The second-order valence-electron chi connectivity index (χ2n) is 7.15. The molecular formula is C19H20F3NO3S. The Bertz CT molecular complexity index is 968.